The van der Waals surface area contributed by atoms with Gasteiger partial charge in [0.15, 0.2) is 5.13 Å². The normalized spacial score (nSPS) is 11.5. The second kappa shape index (κ2) is 10.9. The van der Waals surface area contributed by atoms with Crippen molar-refractivity contribution in [3.05, 3.63) is 102 Å². The molecule has 194 valence electrons. The summed E-state index contributed by atoms with van der Waals surface area (Å²) in [5, 5.41) is 5.24. The van der Waals surface area contributed by atoms with Gasteiger partial charge in [-0.25, -0.2) is 13.4 Å². The van der Waals surface area contributed by atoms with Gasteiger partial charge in [0, 0.05) is 31.0 Å². The summed E-state index contributed by atoms with van der Waals surface area (Å²) in [5.41, 5.74) is 1.56. The number of rotatable bonds is 9. The lowest BCUT2D eigenvalue weighted by Gasteiger charge is -2.23. The molecular weight excluding hydrogens is 542 g/mol. The Kier molecular flexibility index (Phi) is 7.46. The Balaban J connectivity index is 1.45. The number of thiazole rings is 1. The van der Waals surface area contributed by atoms with Crippen molar-refractivity contribution in [3.63, 3.8) is 0 Å². The molecule has 0 saturated carbocycles. The minimum atomic E-state index is -3.81. The van der Waals surface area contributed by atoms with Crippen LogP contribution in [0.4, 0.5) is 10.8 Å². The number of anilines is 2. The zero-order chi connectivity index (χ0) is 26.7. The van der Waals surface area contributed by atoms with E-state index in [1.165, 1.54) is 39.9 Å². The van der Waals surface area contributed by atoms with E-state index in [1.54, 1.807) is 53.0 Å². The molecule has 0 aliphatic rings. The molecule has 11 heteroatoms. The fraction of sp³-hybridized carbons (Fsp3) is 0.148. The molecule has 0 aliphatic heterocycles. The van der Waals surface area contributed by atoms with E-state index in [1.807, 2.05) is 30.5 Å². The Labute approximate surface area is 229 Å². The third-order valence-electron chi connectivity index (χ3n) is 5.97. The fourth-order valence-electron chi connectivity index (χ4n) is 4.08. The number of amides is 1. The maximum Gasteiger partial charge on any atom is 0.264 e. The summed E-state index contributed by atoms with van der Waals surface area (Å²) in [4.78, 5) is 20.0. The van der Waals surface area contributed by atoms with Gasteiger partial charge in [-0.2, -0.15) is 5.10 Å². The molecule has 0 spiro atoms. The summed E-state index contributed by atoms with van der Waals surface area (Å²) >= 11 is 7.71. The lowest BCUT2D eigenvalue weighted by Crippen LogP contribution is -2.34. The van der Waals surface area contributed by atoms with Crippen LogP contribution in [0.1, 0.15) is 17.3 Å². The van der Waals surface area contributed by atoms with E-state index in [-0.39, 0.29) is 17.3 Å². The average Bonchev–Trinajstić information content (AvgIpc) is 3.61. The fourth-order valence-corrected chi connectivity index (χ4v) is 6.84. The third kappa shape index (κ3) is 5.15. The van der Waals surface area contributed by atoms with Gasteiger partial charge < -0.3 is 0 Å². The predicted octanol–water partition coefficient (Wildman–Crippen LogP) is 5.71. The molecular formula is C27H24ClN5O3S2. The van der Waals surface area contributed by atoms with Crippen LogP contribution in [0.15, 0.2) is 96.2 Å². The average molecular weight is 566 g/mol. The summed E-state index contributed by atoms with van der Waals surface area (Å²) in [6.45, 7) is 2.83. The lowest BCUT2D eigenvalue weighted by molar-refractivity contribution is 0.0985. The van der Waals surface area contributed by atoms with Crippen LogP contribution < -0.4 is 9.21 Å². The smallest absolute Gasteiger partial charge is 0.264 e. The topological polar surface area (TPSA) is 88.4 Å². The highest BCUT2D eigenvalue weighted by atomic mass is 35.5. The van der Waals surface area contributed by atoms with Gasteiger partial charge in [0.05, 0.1) is 26.9 Å². The number of sulfonamides is 1. The van der Waals surface area contributed by atoms with Crippen LogP contribution >= 0.6 is 22.9 Å². The Morgan fingerprint density at radius 1 is 1.00 bits per heavy atom. The minimum absolute atomic E-state index is 0.106. The summed E-state index contributed by atoms with van der Waals surface area (Å²) < 4.78 is 30.7. The number of carbonyl (C=O) groups excluding carboxylic acids is 1. The van der Waals surface area contributed by atoms with Gasteiger partial charge in [-0.1, -0.05) is 47.2 Å². The monoisotopic (exact) mass is 565 g/mol. The van der Waals surface area contributed by atoms with Gasteiger partial charge >= 0.3 is 0 Å². The van der Waals surface area contributed by atoms with Gasteiger partial charge in [-0.05, 0) is 61.5 Å². The van der Waals surface area contributed by atoms with Crippen molar-refractivity contribution in [1.82, 2.24) is 14.8 Å². The first-order valence-electron chi connectivity index (χ1n) is 11.9. The summed E-state index contributed by atoms with van der Waals surface area (Å²) in [7, 11) is -3.81. The number of benzene rings is 3. The molecule has 3 aromatic carbocycles. The second-order valence-electron chi connectivity index (χ2n) is 8.34. The van der Waals surface area contributed by atoms with E-state index >= 15 is 0 Å². The predicted molar refractivity (Wildman–Crippen MR) is 152 cm³/mol. The van der Waals surface area contributed by atoms with Crippen molar-refractivity contribution < 1.29 is 13.2 Å². The minimum Gasteiger partial charge on any atom is -0.282 e. The Morgan fingerprint density at radius 2 is 1.76 bits per heavy atom. The van der Waals surface area contributed by atoms with Gasteiger partial charge in [-0.15, -0.1) is 0 Å². The van der Waals surface area contributed by atoms with Crippen LogP contribution in [0.3, 0.4) is 0 Å². The number of halogens is 1. The van der Waals surface area contributed by atoms with Crippen LogP contribution in [0.2, 0.25) is 5.02 Å². The highest BCUT2D eigenvalue weighted by molar-refractivity contribution is 7.92. The Morgan fingerprint density at radius 3 is 2.42 bits per heavy atom. The largest absolute Gasteiger partial charge is 0.282 e. The number of carbonyl (C=O) groups is 1. The summed E-state index contributed by atoms with van der Waals surface area (Å²) in [6, 6.07) is 22.3. The quantitative estimate of drug-likeness (QED) is 0.228. The zero-order valence-corrected chi connectivity index (χ0v) is 22.8. The molecule has 2 aromatic heterocycles. The molecule has 0 N–H and O–H groups in total. The molecule has 0 fully saturated rings. The molecule has 8 nitrogen and oxygen atoms in total. The molecule has 0 unspecified atom stereocenters. The number of para-hydroxylation sites is 2. The van der Waals surface area contributed by atoms with Crippen molar-refractivity contribution in [1.29, 1.82) is 0 Å². The molecule has 1 amide bonds. The first kappa shape index (κ1) is 25.9. The number of hydrogen-bond acceptors (Lipinski definition) is 6. The van der Waals surface area contributed by atoms with Crippen LogP contribution in [0, 0.1) is 0 Å². The highest BCUT2D eigenvalue weighted by Gasteiger charge is 2.26. The van der Waals surface area contributed by atoms with Gasteiger partial charge in [0.25, 0.3) is 15.9 Å². The summed E-state index contributed by atoms with van der Waals surface area (Å²) in [5.74, 6) is -0.299. The number of aromatic nitrogens is 3. The van der Waals surface area contributed by atoms with Gasteiger partial charge in [0.2, 0.25) is 0 Å². The second-order valence-corrected chi connectivity index (χ2v) is 11.6. The lowest BCUT2D eigenvalue weighted by atomic mass is 10.2. The molecule has 0 radical (unpaired) electrons. The van der Waals surface area contributed by atoms with Crippen LogP contribution in [0.25, 0.3) is 10.2 Å². The van der Waals surface area contributed by atoms with E-state index in [0.29, 0.717) is 40.0 Å². The van der Waals surface area contributed by atoms with E-state index in [9.17, 15) is 13.2 Å². The van der Waals surface area contributed by atoms with Gasteiger partial charge in [0.1, 0.15) is 5.52 Å². The standard InChI is InChI=1S/C27H24ClN5O3S2/c1-2-33(21-8-4-3-5-9-21)38(35,36)22-14-12-20(13-15-22)26(34)32(19-18-31-17-7-16-29-31)27-30-25-23(28)10-6-11-24(25)37-27/h3-17H,2,18-19H2,1H3. The van der Waals surface area contributed by atoms with Crippen molar-refractivity contribution in [2.75, 3.05) is 22.3 Å². The molecule has 0 bridgehead atoms. The third-order valence-corrected chi connectivity index (χ3v) is 9.23. The molecule has 0 atom stereocenters. The number of hydrogen-bond donors (Lipinski definition) is 0. The van der Waals surface area contributed by atoms with Crippen molar-refractivity contribution in [3.8, 4) is 0 Å². The summed E-state index contributed by atoms with van der Waals surface area (Å²) in [6.07, 6.45) is 3.50. The highest BCUT2D eigenvalue weighted by Crippen LogP contribution is 2.33. The van der Waals surface area contributed by atoms with Crippen molar-refractivity contribution in [2.45, 2.75) is 18.4 Å². The van der Waals surface area contributed by atoms with Gasteiger partial charge in [-0.3, -0.25) is 18.7 Å². The Hall–Kier alpha value is -3.73. The first-order valence-corrected chi connectivity index (χ1v) is 14.5. The van der Waals surface area contributed by atoms with E-state index in [2.05, 4.69) is 10.1 Å². The molecule has 2 heterocycles. The van der Waals surface area contributed by atoms with E-state index < -0.39 is 10.0 Å². The van der Waals surface area contributed by atoms with Crippen LogP contribution in [0.5, 0.6) is 0 Å². The maximum atomic E-state index is 13.7. The molecule has 5 aromatic rings. The van der Waals surface area contributed by atoms with Crippen molar-refractivity contribution in [2.24, 2.45) is 0 Å². The first-order chi connectivity index (χ1) is 18.4. The number of fused-ring (bicyclic) bond motifs is 1. The number of nitrogens with zero attached hydrogens (tertiary/aromatic N) is 5. The molecule has 38 heavy (non-hydrogen) atoms. The van der Waals surface area contributed by atoms with E-state index in [0.717, 1.165) is 4.70 Å². The molecule has 5 rings (SSSR count). The van der Waals surface area contributed by atoms with Crippen LogP contribution in [-0.4, -0.2) is 42.2 Å². The SMILES string of the molecule is CCN(c1ccccc1)S(=O)(=O)c1ccc(C(=O)N(CCn2cccn2)c2nc3c(Cl)cccc3s2)cc1. The Bertz CT molecular complexity index is 1650. The molecule has 0 saturated heterocycles. The zero-order valence-electron chi connectivity index (χ0n) is 20.4. The van der Waals surface area contributed by atoms with Crippen LogP contribution in [-0.2, 0) is 16.6 Å². The maximum absolute atomic E-state index is 13.7. The molecule has 0 aliphatic carbocycles. The van der Waals surface area contributed by atoms with E-state index in [4.69, 9.17) is 11.6 Å². The van der Waals surface area contributed by atoms with Crippen molar-refractivity contribution >= 4 is 59.9 Å².